The second-order valence-corrected chi connectivity index (χ2v) is 7.62. The van der Waals surface area contributed by atoms with Gasteiger partial charge in [-0.3, -0.25) is 19.1 Å². The number of hydrogen-bond donors (Lipinski definition) is 1. The molecule has 1 amide bonds. The Kier molecular flexibility index (Phi) is 6.03. The number of hydrogen-bond acceptors (Lipinski definition) is 7. The molecule has 0 atom stereocenters. The van der Waals surface area contributed by atoms with Crippen LogP contribution in [0.15, 0.2) is 53.6 Å². The van der Waals surface area contributed by atoms with E-state index in [2.05, 4.69) is 19.7 Å². The zero-order chi connectivity index (χ0) is 21.8. The molecule has 0 aliphatic rings. The first-order valence-electron chi connectivity index (χ1n) is 9.79. The van der Waals surface area contributed by atoms with Gasteiger partial charge in [-0.1, -0.05) is 19.1 Å². The summed E-state index contributed by atoms with van der Waals surface area (Å²) in [6, 6.07) is 11.1. The van der Waals surface area contributed by atoms with E-state index in [1.165, 1.54) is 4.57 Å². The van der Waals surface area contributed by atoms with Gasteiger partial charge in [0.2, 0.25) is 5.91 Å². The molecule has 3 heterocycles. The Bertz CT molecular complexity index is 1270. The first-order chi connectivity index (χ1) is 15.1. The monoisotopic (exact) mass is 435 g/mol. The van der Waals surface area contributed by atoms with Crippen molar-refractivity contribution >= 4 is 27.7 Å². The van der Waals surface area contributed by atoms with Gasteiger partial charge in [0, 0.05) is 30.9 Å². The smallest absolute Gasteiger partial charge is 0.273 e. The molecule has 1 aromatic carbocycles. The molecule has 0 unspecified atom stereocenters. The highest BCUT2D eigenvalue weighted by atomic mass is 32.1. The third-order valence-electron chi connectivity index (χ3n) is 4.88. The number of fused-ring (bicyclic) bond motifs is 1. The molecule has 0 saturated carbocycles. The predicted molar refractivity (Wildman–Crippen MR) is 119 cm³/mol. The summed E-state index contributed by atoms with van der Waals surface area (Å²) < 4.78 is 11.4. The summed E-state index contributed by atoms with van der Waals surface area (Å²) in [5.41, 5.74) is 2.76. The molecule has 9 heteroatoms. The standard InChI is InChI=1S/C22H21N5O3S/c1-3-17-25-20-19(15-8-10-23-11-9-15)26-31-21(20)22(29)27(17)13-18(28)24-12-14-4-6-16(30-2)7-5-14/h4-11H,3,12-13H2,1-2H3,(H,24,28). The van der Waals surface area contributed by atoms with Gasteiger partial charge in [-0.25, -0.2) is 4.98 Å². The summed E-state index contributed by atoms with van der Waals surface area (Å²) in [4.78, 5) is 34.4. The highest BCUT2D eigenvalue weighted by Gasteiger charge is 2.18. The van der Waals surface area contributed by atoms with Crippen molar-refractivity contribution in [3.05, 3.63) is 70.5 Å². The van der Waals surface area contributed by atoms with E-state index >= 15 is 0 Å². The lowest BCUT2D eigenvalue weighted by molar-refractivity contribution is -0.121. The van der Waals surface area contributed by atoms with Crippen LogP contribution < -0.4 is 15.6 Å². The Morgan fingerprint density at radius 2 is 1.90 bits per heavy atom. The topological polar surface area (TPSA) is 99.0 Å². The van der Waals surface area contributed by atoms with Gasteiger partial charge in [0.05, 0.1) is 7.11 Å². The van der Waals surface area contributed by atoms with E-state index < -0.39 is 0 Å². The van der Waals surface area contributed by atoms with Crippen molar-refractivity contribution in [1.82, 2.24) is 24.2 Å². The average Bonchev–Trinajstić information content (AvgIpc) is 3.24. The molecule has 0 bridgehead atoms. The number of carbonyl (C=O) groups excluding carboxylic acids is 1. The summed E-state index contributed by atoms with van der Waals surface area (Å²) in [6.07, 6.45) is 3.87. The number of ether oxygens (including phenoxy) is 1. The molecule has 0 aliphatic carbocycles. The minimum Gasteiger partial charge on any atom is -0.497 e. The Hall–Kier alpha value is -3.59. The van der Waals surface area contributed by atoms with Gasteiger partial charge >= 0.3 is 0 Å². The molecule has 3 aromatic heterocycles. The van der Waals surface area contributed by atoms with Crippen LogP contribution >= 0.6 is 11.5 Å². The van der Waals surface area contributed by atoms with Crippen molar-refractivity contribution in [2.24, 2.45) is 0 Å². The van der Waals surface area contributed by atoms with Crippen LogP contribution in [0.4, 0.5) is 0 Å². The average molecular weight is 436 g/mol. The van der Waals surface area contributed by atoms with Gasteiger partial charge in [-0.05, 0) is 41.4 Å². The molecular formula is C22H21N5O3S. The van der Waals surface area contributed by atoms with Gasteiger partial charge in [0.25, 0.3) is 5.56 Å². The lowest BCUT2D eigenvalue weighted by atomic mass is 10.2. The molecule has 0 saturated heterocycles. The fourth-order valence-electron chi connectivity index (χ4n) is 3.23. The fraction of sp³-hybridized carbons (Fsp3) is 0.227. The Balaban J connectivity index is 1.57. The molecule has 8 nitrogen and oxygen atoms in total. The number of aryl methyl sites for hydroxylation is 1. The van der Waals surface area contributed by atoms with Crippen LogP contribution in [0.2, 0.25) is 0 Å². The summed E-state index contributed by atoms with van der Waals surface area (Å²) in [5.74, 6) is 1.05. The summed E-state index contributed by atoms with van der Waals surface area (Å²) in [5, 5.41) is 2.86. The number of pyridine rings is 1. The van der Waals surface area contributed by atoms with E-state index in [0.29, 0.717) is 34.7 Å². The van der Waals surface area contributed by atoms with Gasteiger partial charge in [-0.15, -0.1) is 0 Å². The van der Waals surface area contributed by atoms with Crippen LogP contribution in [0.3, 0.4) is 0 Å². The minimum atomic E-state index is -0.257. The molecule has 0 radical (unpaired) electrons. The number of nitrogens with zero attached hydrogens (tertiary/aromatic N) is 4. The van der Waals surface area contributed by atoms with Crippen LogP contribution in [0.25, 0.3) is 21.5 Å². The molecule has 4 rings (SSSR count). The molecule has 0 spiro atoms. The zero-order valence-electron chi connectivity index (χ0n) is 17.2. The van der Waals surface area contributed by atoms with Crippen LogP contribution in [0, 0.1) is 0 Å². The van der Waals surface area contributed by atoms with E-state index in [-0.39, 0.29) is 18.0 Å². The van der Waals surface area contributed by atoms with E-state index in [1.807, 2.05) is 43.3 Å². The number of rotatable bonds is 7. The van der Waals surface area contributed by atoms with Crippen LogP contribution in [-0.4, -0.2) is 31.9 Å². The summed E-state index contributed by atoms with van der Waals surface area (Å²) >= 11 is 1.10. The molecule has 1 N–H and O–H groups in total. The van der Waals surface area contributed by atoms with Gasteiger partial charge in [0.1, 0.15) is 34.0 Å². The molecule has 4 aromatic rings. The number of benzene rings is 1. The summed E-state index contributed by atoms with van der Waals surface area (Å²) in [7, 11) is 1.60. The minimum absolute atomic E-state index is 0.0937. The molecule has 0 fully saturated rings. The molecule has 158 valence electrons. The maximum absolute atomic E-state index is 13.1. The highest BCUT2D eigenvalue weighted by Crippen LogP contribution is 2.27. The second-order valence-electron chi connectivity index (χ2n) is 6.84. The molecular weight excluding hydrogens is 414 g/mol. The largest absolute Gasteiger partial charge is 0.497 e. The van der Waals surface area contributed by atoms with Crippen molar-refractivity contribution in [3.8, 4) is 17.0 Å². The van der Waals surface area contributed by atoms with Gasteiger partial charge in [-0.2, -0.15) is 4.37 Å². The van der Waals surface area contributed by atoms with Crippen molar-refractivity contribution in [3.63, 3.8) is 0 Å². The lowest BCUT2D eigenvalue weighted by Gasteiger charge is -2.12. The van der Waals surface area contributed by atoms with Crippen molar-refractivity contribution in [2.75, 3.05) is 7.11 Å². The second kappa shape index (κ2) is 9.05. The first-order valence-corrected chi connectivity index (χ1v) is 10.6. The third-order valence-corrected chi connectivity index (χ3v) is 5.70. The van der Waals surface area contributed by atoms with Crippen molar-refractivity contribution in [2.45, 2.75) is 26.4 Å². The SMILES string of the molecule is CCc1nc2c(-c3ccncc3)nsc2c(=O)n1CC(=O)NCc1ccc(OC)cc1. The number of nitrogens with one attached hydrogen (secondary N) is 1. The van der Waals surface area contributed by atoms with Crippen molar-refractivity contribution in [1.29, 1.82) is 0 Å². The maximum atomic E-state index is 13.1. The van der Waals surface area contributed by atoms with Gasteiger partial charge in [0.15, 0.2) is 0 Å². The highest BCUT2D eigenvalue weighted by molar-refractivity contribution is 7.13. The Morgan fingerprint density at radius 3 is 2.58 bits per heavy atom. The lowest BCUT2D eigenvalue weighted by Crippen LogP contribution is -2.34. The summed E-state index contributed by atoms with van der Waals surface area (Å²) in [6.45, 7) is 2.18. The van der Waals surface area contributed by atoms with Crippen molar-refractivity contribution < 1.29 is 9.53 Å². The van der Waals surface area contributed by atoms with E-state index in [0.717, 1.165) is 28.4 Å². The van der Waals surface area contributed by atoms with Gasteiger partial charge < -0.3 is 10.1 Å². The molecule has 0 aliphatic heterocycles. The van der Waals surface area contributed by atoms with E-state index in [1.54, 1.807) is 19.5 Å². The normalized spacial score (nSPS) is 10.9. The fourth-order valence-corrected chi connectivity index (χ4v) is 4.03. The van der Waals surface area contributed by atoms with E-state index in [4.69, 9.17) is 4.74 Å². The maximum Gasteiger partial charge on any atom is 0.273 e. The Labute approximate surface area is 182 Å². The zero-order valence-corrected chi connectivity index (χ0v) is 18.0. The van der Waals surface area contributed by atoms with Crippen LogP contribution in [-0.2, 0) is 24.3 Å². The number of aromatic nitrogens is 4. The number of amides is 1. The quantitative estimate of drug-likeness (QED) is 0.479. The third kappa shape index (κ3) is 4.31. The van der Waals surface area contributed by atoms with E-state index in [9.17, 15) is 9.59 Å². The molecule has 31 heavy (non-hydrogen) atoms. The predicted octanol–water partition coefficient (Wildman–Crippen LogP) is 2.80. The van der Waals surface area contributed by atoms with Crippen LogP contribution in [0.5, 0.6) is 5.75 Å². The number of methoxy groups -OCH3 is 1. The number of carbonyl (C=O) groups is 1. The first kappa shape index (κ1) is 20.7. The Morgan fingerprint density at radius 1 is 1.16 bits per heavy atom. The van der Waals surface area contributed by atoms with Crippen LogP contribution in [0.1, 0.15) is 18.3 Å².